The van der Waals surface area contributed by atoms with Crippen molar-refractivity contribution in [2.24, 2.45) is 11.7 Å². The number of aliphatic hydroxyl groups is 1. The van der Waals surface area contributed by atoms with E-state index < -0.39 is 57.5 Å². The van der Waals surface area contributed by atoms with Gasteiger partial charge in [-0.2, -0.15) is 8.42 Å². The molecule has 16 nitrogen and oxygen atoms in total. The van der Waals surface area contributed by atoms with Crippen molar-refractivity contribution < 1.29 is 46.8 Å². The standard InChI is InChI=1S/C28H40N6O10S/c1-17(2)25(33-22(36)8-4-3-5-14-34-23(37)11-12-24(34)38)27(40)32-20(7-6-13-30-28(29)41)26(39)31-19-10-9-18(16-35)21(15-19)45(42,43)44/h9-12,15,17,20,25,35H,3-8,13-14,16H2,1-2H3,(H,31,39)(H,32,40)(H,33,36)(H3,29,30,41)(H,42,43,44)/t20-,25-/m0/s1. The third kappa shape index (κ3) is 11.9. The van der Waals surface area contributed by atoms with Crippen molar-refractivity contribution in [1.82, 2.24) is 20.9 Å². The fourth-order valence-electron chi connectivity index (χ4n) is 4.44. The highest BCUT2D eigenvalue weighted by Crippen LogP contribution is 2.21. The average Bonchev–Trinajstić information content (AvgIpc) is 3.28. The number of imide groups is 1. The Morgan fingerprint density at radius 2 is 1.62 bits per heavy atom. The van der Waals surface area contributed by atoms with Gasteiger partial charge in [0.15, 0.2) is 0 Å². The minimum Gasteiger partial charge on any atom is -0.392 e. The number of nitrogens with one attached hydrogen (secondary N) is 4. The number of nitrogens with zero attached hydrogens (tertiary/aromatic N) is 1. The first-order chi connectivity index (χ1) is 21.1. The number of urea groups is 1. The number of rotatable bonds is 18. The molecule has 45 heavy (non-hydrogen) atoms. The molecular formula is C28H40N6O10S. The van der Waals surface area contributed by atoms with E-state index in [1.807, 2.05) is 0 Å². The van der Waals surface area contributed by atoms with Crippen LogP contribution in [0.1, 0.15) is 57.9 Å². The smallest absolute Gasteiger partial charge is 0.312 e. The van der Waals surface area contributed by atoms with Crippen LogP contribution in [0.5, 0.6) is 0 Å². The maximum absolute atomic E-state index is 13.3. The Morgan fingerprint density at radius 1 is 0.956 bits per heavy atom. The summed E-state index contributed by atoms with van der Waals surface area (Å²) in [5.41, 5.74) is 4.94. The van der Waals surface area contributed by atoms with Crippen LogP contribution in [-0.2, 0) is 40.7 Å². The molecule has 2 rings (SSSR count). The van der Waals surface area contributed by atoms with E-state index >= 15 is 0 Å². The molecule has 1 aromatic carbocycles. The number of primary amides is 1. The van der Waals surface area contributed by atoms with Crippen molar-refractivity contribution in [3.05, 3.63) is 35.9 Å². The van der Waals surface area contributed by atoms with Crippen molar-refractivity contribution in [3.63, 3.8) is 0 Å². The van der Waals surface area contributed by atoms with Crippen LogP contribution in [0.3, 0.4) is 0 Å². The monoisotopic (exact) mass is 652 g/mol. The van der Waals surface area contributed by atoms with Crippen LogP contribution >= 0.6 is 0 Å². The Kier molecular flexibility index (Phi) is 14.1. The summed E-state index contributed by atoms with van der Waals surface area (Å²) in [5, 5.41) is 19.5. The fraction of sp³-hybridized carbons (Fsp3) is 0.500. The zero-order valence-corrected chi connectivity index (χ0v) is 25.9. The summed E-state index contributed by atoms with van der Waals surface area (Å²) in [4.78, 5) is 73.9. The van der Waals surface area contributed by atoms with Gasteiger partial charge in [0.1, 0.15) is 17.0 Å². The van der Waals surface area contributed by atoms with Crippen LogP contribution in [0.15, 0.2) is 35.2 Å². The average molecular weight is 653 g/mol. The third-order valence-electron chi connectivity index (χ3n) is 6.84. The van der Waals surface area contributed by atoms with Gasteiger partial charge in [0.2, 0.25) is 17.7 Å². The van der Waals surface area contributed by atoms with Crippen molar-refractivity contribution in [3.8, 4) is 0 Å². The van der Waals surface area contributed by atoms with Crippen molar-refractivity contribution in [1.29, 1.82) is 0 Å². The SMILES string of the molecule is CC(C)[C@H](NC(=O)CCCCCN1C(=O)C=CC1=O)C(=O)N[C@@H](CCCNC(N)=O)C(=O)Nc1ccc(CO)c(S(=O)(=O)O)c1. The van der Waals surface area contributed by atoms with Crippen LogP contribution in [0.2, 0.25) is 0 Å². The minimum atomic E-state index is -4.72. The first kappa shape index (κ1) is 36.8. The molecule has 1 aliphatic heterocycles. The van der Waals surface area contributed by atoms with Crippen molar-refractivity contribution in [2.75, 3.05) is 18.4 Å². The van der Waals surface area contributed by atoms with E-state index in [-0.39, 0.29) is 61.3 Å². The molecule has 1 heterocycles. The van der Waals surface area contributed by atoms with Crippen LogP contribution < -0.4 is 27.0 Å². The van der Waals surface area contributed by atoms with E-state index in [4.69, 9.17) is 5.73 Å². The predicted molar refractivity (Wildman–Crippen MR) is 161 cm³/mol. The number of unbranched alkanes of at least 4 members (excludes halogenated alkanes) is 2. The molecule has 0 fully saturated rings. The van der Waals surface area contributed by atoms with Crippen LogP contribution in [0.25, 0.3) is 0 Å². The number of nitrogens with two attached hydrogens (primary N) is 1. The highest BCUT2D eigenvalue weighted by Gasteiger charge is 2.29. The summed E-state index contributed by atoms with van der Waals surface area (Å²) in [6.07, 6.45) is 4.24. The Hall–Kier alpha value is -4.35. The zero-order valence-electron chi connectivity index (χ0n) is 25.1. The largest absolute Gasteiger partial charge is 0.392 e. The molecule has 2 atom stereocenters. The molecule has 0 saturated carbocycles. The van der Waals surface area contributed by atoms with E-state index in [0.717, 1.165) is 11.0 Å². The highest BCUT2D eigenvalue weighted by atomic mass is 32.2. The zero-order chi connectivity index (χ0) is 33.7. The lowest BCUT2D eigenvalue weighted by Crippen LogP contribution is -2.54. The van der Waals surface area contributed by atoms with Gasteiger partial charge < -0.3 is 32.1 Å². The fourth-order valence-corrected chi connectivity index (χ4v) is 5.18. The Labute approximate surface area is 260 Å². The third-order valence-corrected chi connectivity index (χ3v) is 7.77. The number of carbonyl (C=O) groups is 6. The molecule has 8 N–H and O–H groups in total. The summed E-state index contributed by atoms with van der Waals surface area (Å²) in [6, 6.07) is 0.483. The van der Waals surface area contributed by atoms with Gasteiger partial charge >= 0.3 is 6.03 Å². The molecule has 1 aromatic rings. The molecule has 0 saturated heterocycles. The summed E-state index contributed by atoms with van der Waals surface area (Å²) in [7, 11) is -4.72. The molecule has 1 aliphatic rings. The van der Waals surface area contributed by atoms with Crippen molar-refractivity contribution >= 4 is 51.4 Å². The molecular weight excluding hydrogens is 612 g/mol. The van der Waals surface area contributed by atoms with Crippen molar-refractivity contribution in [2.45, 2.75) is 76.0 Å². The number of hydrogen-bond acceptors (Lipinski definition) is 9. The lowest BCUT2D eigenvalue weighted by Gasteiger charge is -2.25. The Balaban J connectivity index is 2.04. The number of anilines is 1. The quantitative estimate of drug-likeness (QED) is 0.0631. The number of aliphatic hydroxyl groups excluding tert-OH is 1. The van der Waals surface area contributed by atoms with Crippen LogP contribution in [0.4, 0.5) is 10.5 Å². The van der Waals surface area contributed by atoms with E-state index in [2.05, 4.69) is 21.3 Å². The summed E-state index contributed by atoms with van der Waals surface area (Å²) < 4.78 is 32.9. The molecule has 0 unspecified atom stereocenters. The Morgan fingerprint density at radius 3 is 2.20 bits per heavy atom. The van der Waals surface area contributed by atoms with Gasteiger partial charge in [-0.15, -0.1) is 0 Å². The molecule has 17 heteroatoms. The van der Waals surface area contributed by atoms with E-state index in [9.17, 15) is 46.8 Å². The number of hydrogen-bond donors (Lipinski definition) is 7. The minimum absolute atomic E-state index is 0.0219. The first-order valence-corrected chi connectivity index (χ1v) is 15.8. The second kappa shape index (κ2) is 17.2. The predicted octanol–water partition coefficient (Wildman–Crippen LogP) is -0.0764. The van der Waals surface area contributed by atoms with E-state index in [1.54, 1.807) is 13.8 Å². The summed E-state index contributed by atoms with van der Waals surface area (Å²) in [6.45, 7) is 3.05. The molecule has 0 aromatic heterocycles. The van der Waals surface area contributed by atoms with Gasteiger partial charge in [-0.05, 0) is 49.3 Å². The second-order valence-corrected chi connectivity index (χ2v) is 12.1. The molecule has 248 valence electrons. The molecule has 0 radical (unpaired) electrons. The first-order valence-electron chi connectivity index (χ1n) is 14.3. The van der Waals surface area contributed by atoms with Gasteiger partial charge in [0, 0.05) is 37.3 Å². The lowest BCUT2D eigenvalue weighted by atomic mass is 10.0. The van der Waals surface area contributed by atoms with Gasteiger partial charge in [0.05, 0.1) is 6.61 Å². The summed E-state index contributed by atoms with van der Waals surface area (Å²) >= 11 is 0. The molecule has 7 amide bonds. The van der Waals surface area contributed by atoms with Gasteiger partial charge in [0.25, 0.3) is 21.9 Å². The second-order valence-electron chi connectivity index (χ2n) is 10.7. The number of benzene rings is 1. The van der Waals surface area contributed by atoms with E-state index in [1.165, 1.54) is 24.3 Å². The van der Waals surface area contributed by atoms with Crippen LogP contribution in [0, 0.1) is 5.92 Å². The van der Waals surface area contributed by atoms with Gasteiger partial charge in [-0.3, -0.25) is 33.4 Å². The number of amides is 7. The topological polar surface area (TPSA) is 254 Å². The van der Waals surface area contributed by atoms with Gasteiger partial charge in [-0.1, -0.05) is 26.3 Å². The lowest BCUT2D eigenvalue weighted by molar-refractivity contribution is -0.137. The van der Waals surface area contributed by atoms with E-state index in [0.29, 0.717) is 19.3 Å². The molecule has 0 bridgehead atoms. The maximum atomic E-state index is 13.3. The maximum Gasteiger partial charge on any atom is 0.312 e. The number of carbonyl (C=O) groups excluding carboxylic acids is 6. The molecule has 0 aliphatic carbocycles. The normalized spacial score (nSPS) is 14.3. The Bertz CT molecular complexity index is 1390. The van der Waals surface area contributed by atoms with Crippen LogP contribution in [-0.4, -0.2) is 83.7 Å². The molecule has 0 spiro atoms. The van der Waals surface area contributed by atoms with Gasteiger partial charge in [-0.25, -0.2) is 4.79 Å². The summed E-state index contributed by atoms with van der Waals surface area (Å²) in [5.74, 6) is -2.94. The highest BCUT2D eigenvalue weighted by molar-refractivity contribution is 7.85.